The normalized spacial score (nSPS) is 17.3. The van der Waals surface area contributed by atoms with Crippen molar-refractivity contribution >= 4 is 5.91 Å². The topological polar surface area (TPSA) is 51.2 Å². The van der Waals surface area contributed by atoms with Gasteiger partial charge in [0.25, 0.3) is 5.91 Å². The minimum absolute atomic E-state index is 0.0252. The summed E-state index contributed by atoms with van der Waals surface area (Å²) in [6.07, 6.45) is 7.90. The van der Waals surface area contributed by atoms with Gasteiger partial charge in [0.05, 0.1) is 21.3 Å². The second-order valence-corrected chi connectivity index (χ2v) is 10.3. The van der Waals surface area contributed by atoms with Crippen LogP contribution in [0.15, 0.2) is 42.5 Å². The molecule has 6 nitrogen and oxygen atoms in total. The van der Waals surface area contributed by atoms with E-state index in [2.05, 4.69) is 49.1 Å². The number of nitrogens with zero attached hydrogens (tertiary/aromatic N) is 2. The first-order chi connectivity index (χ1) is 18.0. The largest absolute Gasteiger partial charge is 0.493 e. The fourth-order valence-electron chi connectivity index (χ4n) is 5.51. The second-order valence-electron chi connectivity index (χ2n) is 10.3. The van der Waals surface area contributed by atoms with Crippen LogP contribution < -0.4 is 14.2 Å². The molecule has 1 fully saturated rings. The van der Waals surface area contributed by atoms with E-state index in [1.165, 1.54) is 24.8 Å². The van der Waals surface area contributed by atoms with Gasteiger partial charge in [-0.1, -0.05) is 50.6 Å². The molecule has 3 rings (SSSR count). The monoisotopic (exact) mass is 510 g/mol. The number of methoxy groups -OCH3 is 3. The van der Waals surface area contributed by atoms with Gasteiger partial charge in [-0.3, -0.25) is 4.79 Å². The molecule has 1 amide bonds. The Morgan fingerprint density at radius 2 is 1.62 bits per heavy atom. The Morgan fingerprint density at radius 1 is 0.919 bits per heavy atom. The van der Waals surface area contributed by atoms with E-state index in [1.807, 2.05) is 4.90 Å². The minimum atomic E-state index is 0.0252. The van der Waals surface area contributed by atoms with Gasteiger partial charge in [0.15, 0.2) is 11.5 Å². The number of carbonyl (C=O) groups is 1. The molecule has 0 aromatic heterocycles. The van der Waals surface area contributed by atoms with E-state index in [-0.39, 0.29) is 11.3 Å². The van der Waals surface area contributed by atoms with Crippen molar-refractivity contribution in [3.8, 4) is 17.2 Å². The Labute approximate surface area is 223 Å². The number of unbranched alkanes of at least 4 members (excludes halogenated alkanes) is 1. The van der Waals surface area contributed by atoms with Crippen LogP contribution in [0.1, 0.15) is 68.3 Å². The molecule has 1 aliphatic rings. The van der Waals surface area contributed by atoms with Crippen LogP contribution in [0.3, 0.4) is 0 Å². The number of benzene rings is 2. The summed E-state index contributed by atoms with van der Waals surface area (Å²) in [5.74, 6) is 1.54. The maximum absolute atomic E-state index is 13.7. The number of ether oxygens (including phenoxy) is 3. The molecule has 0 bridgehead atoms. The number of hydrogen-bond donors (Lipinski definition) is 0. The fourth-order valence-corrected chi connectivity index (χ4v) is 5.51. The minimum Gasteiger partial charge on any atom is -0.493 e. The van der Waals surface area contributed by atoms with Crippen LogP contribution in [0.5, 0.6) is 17.2 Å². The molecule has 1 saturated heterocycles. The summed E-state index contributed by atoms with van der Waals surface area (Å²) in [4.78, 5) is 18.3. The van der Waals surface area contributed by atoms with Crippen molar-refractivity contribution in [2.45, 2.75) is 58.8 Å². The Bertz CT molecular complexity index is 955. The van der Waals surface area contributed by atoms with Crippen molar-refractivity contribution in [3.63, 3.8) is 0 Å². The Balaban J connectivity index is 1.79. The van der Waals surface area contributed by atoms with E-state index in [0.29, 0.717) is 22.8 Å². The highest BCUT2D eigenvalue weighted by Gasteiger charge is 2.40. The number of aryl methyl sites for hydroxylation is 1. The third-order valence-corrected chi connectivity index (χ3v) is 7.75. The lowest BCUT2D eigenvalue weighted by Crippen LogP contribution is -2.36. The van der Waals surface area contributed by atoms with E-state index < -0.39 is 0 Å². The average molecular weight is 511 g/mol. The molecule has 1 heterocycles. The van der Waals surface area contributed by atoms with Gasteiger partial charge in [0.1, 0.15) is 0 Å². The zero-order valence-corrected chi connectivity index (χ0v) is 23.6. The number of amides is 1. The van der Waals surface area contributed by atoms with Gasteiger partial charge in [-0.2, -0.15) is 0 Å². The second kappa shape index (κ2) is 14.3. The summed E-state index contributed by atoms with van der Waals surface area (Å²) < 4.78 is 16.4. The number of carbonyl (C=O) groups excluding carboxylic acids is 1. The lowest BCUT2D eigenvalue weighted by molar-refractivity contribution is 0.0761. The lowest BCUT2D eigenvalue weighted by Gasteiger charge is -2.33. The summed E-state index contributed by atoms with van der Waals surface area (Å²) >= 11 is 0. The molecule has 0 spiro atoms. The van der Waals surface area contributed by atoms with Crippen molar-refractivity contribution in [2.24, 2.45) is 5.41 Å². The Kier molecular flexibility index (Phi) is 11.1. The van der Waals surface area contributed by atoms with Crippen LogP contribution >= 0.6 is 0 Å². The van der Waals surface area contributed by atoms with E-state index >= 15 is 0 Å². The third-order valence-electron chi connectivity index (χ3n) is 7.75. The summed E-state index contributed by atoms with van der Waals surface area (Å²) in [5.41, 5.74) is 2.06. The SMILES string of the molecule is CCCCN(CCC)CCC1(CCc2ccccc2)CCN(C(=O)c2cc(OC)c(OC)c(OC)c2)C1. The number of rotatable bonds is 15. The van der Waals surface area contributed by atoms with Crippen LogP contribution in [-0.4, -0.2) is 69.8 Å². The van der Waals surface area contributed by atoms with Crippen molar-refractivity contribution in [2.75, 3.05) is 54.1 Å². The highest BCUT2D eigenvalue weighted by atomic mass is 16.5. The smallest absolute Gasteiger partial charge is 0.254 e. The highest BCUT2D eigenvalue weighted by Crippen LogP contribution is 2.42. The van der Waals surface area contributed by atoms with Gasteiger partial charge >= 0.3 is 0 Å². The maximum atomic E-state index is 13.7. The summed E-state index contributed by atoms with van der Waals surface area (Å²) in [6.45, 7) is 9.47. The molecule has 2 aromatic carbocycles. The van der Waals surface area contributed by atoms with Crippen LogP contribution in [-0.2, 0) is 6.42 Å². The van der Waals surface area contributed by atoms with Crippen molar-refractivity contribution in [1.82, 2.24) is 9.80 Å². The van der Waals surface area contributed by atoms with Gasteiger partial charge < -0.3 is 24.0 Å². The number of likely N-dealkylation sites (tertiary alicyclic amines) is 1. The molecule has 1 unspecified atom stereocenters. The van der Waals surface area contributed by atoms with Crippen LogP contribution in [0, 0.1) is 5.41 Å². The maximum Gasteiger partial charge on any atom is 0.254 e. The summed E-state index contributed by atoms with van der Waals surface area (Å²) in [5, 5.41) is 0. The first kappa shape index (κ1) is 28.8. The standard InChI is InChI=1S/C31H46N2O4/c1-6-8-19-32(18-7-2)20-16-31(15-14-25-12-10-9-11-13-25)17-21-33(24-31)30(34)26-22-27(35-3)29(37-5)28(23-26)36-4/h9-13,22-23H,6-8,14-21,24H2,1-5H3. The van der Waals surface area contributed by atoms with Gasteiger partial charge in [0, 0.05) is 18.7 Å². The Hall–Kier alpha value is -2.73. The highest BCUT2D eigenvalue weighted by molar-refractivity contribution is 5.96. The summed E-state index contributed by atoms with van der Waals surface area (Å²) in [7, 11) is 4.74. The van der Waals surface area contributed by atoms with Crippen LogP contribution in [0.2, 0.25) is 0 Å². The van der Waals surface area contributed by atoms with Gasteiger partial charge in [-0.15, -0.1) is 0 Å². The van der Waals surface area contributed by atoms with Crippen molar-refractivity contribution in [3.05, 3.63) is 53.6 Å². The molecule has 0 radical (unpaired) electrons. The molecule has 0 saturated carbocycles. The van der Waals surface area contributed by atoms with Gasteiger partial charge in [0.2, 0.25) is 5.75 Å². The third kappa shape index (κ3) is 7.64. The van der Waals surface area contributed by atoms with Crippen molar-refractivity contribution in [1.29, 1.82) is 0 Å². The molecule has 37 heavy (non-hydrogen) atoms. The van der Waals surface area contributed by atoms with E-state index in [1.54, 1.807) is 33.5 Å². The molecule has 204 valence electrons. The molecule has 2 aromatic rings. The number of hydrogen-bond acceptors (Lipinski definition) is 5. The Morgan fingerprint density at radius 3 is 2.22 bits per heavy atom. The molecular formula is C31H46N2O4. The molecule has 0 N–H and O–H groups in total. The molecular weight excluding hydrogens is 464 g/mol. The van der Waals surface area contributed by atoms with Gasteiger partial charge in [-0.25, -0.2) is 0 Å². The van der Waals surface area contributed by atoms with Crippen molar-refractivity contribution < 1.29 is 19.0 Å². The first-order valence-corrected chi connectivity index (χ1v) is 13.8. The summed E-state index contributed by atoms with van der Waals surface area (Å²) in [6, 6.07) is 14.3. The lowest BCUT2D eigenvalue weighted by atomic mass is 9.78. The first-order valence-electron chi connectivity index (χ1n) is 13.8. The average Bonchev–Trinajstić information content (AvgIpc) is 3.37. The van der Waals surface area contributed by atoms with Gasteiger partial charge in [-0.05, 0) is 81.3 Å². The molecule has 1 aliphatic heterocycles. The van der Waals surface area contributed by atoms with E-state index in [4.69, 9.17) is 14.2 Å². The van der Waals surface area contributed by atoms with E-state index in [0.717, 1.165) is 58.4 Å². The molecule has 6 heteroatoms. The van der Waals surface area contributed by atoms with E-state index in [9.17, 15) is 4.79 Å². The fraction of sp³-hybridized carbons (Fsp3) is 0.581. The van der Waals surface area contributed by atoms with Crippen LogP contribution in [0.4, 0.5) is 0 Å². The molecule has 0 aliphatic carbocycles. The van der Waals surface area contributed by atoms with Crippen LogP contribution in [0.25, 0.3) is 0 Å². The predicted octanol–water partition coefficient (Wildman–Crippen LogP) is 6.08. The zero-order valence-electron chi connectivity index (χ0n) is 23.6. The molecule has 1 atom stereocenters. The zero-order chi connectivity index (χ0) is 26.7. The predicted molar refractivity (Wildman–Crippen MR) is 150 cm³/mol. The quantitative estimate of drug-likeness (QED) is 0.291.